The largest absolute Gasteiger partial charge is 0.472 e. The van der Waals surface area contributed by atoms with Crippen molar-refractivity contribution in [1.82, 2.24) is 0 Å². The average molecular weight is 1350 g/mol. The first-order valence-corrected chi connectivity index (χ1v) is 40.7. The molecule has 546 valence electrons. The van der Waals surface area contributed by atoms with Crippen molar-refractivity contribution in [2.24, 2.45) is 23.7 Å². The van der Waals surface area contributed by atoms with Crippen molar-refractivity contribution in [3.63, 3.8) is 0 Å². The van der Waals surface area contributed by atoms with Crippen molar-refractivity contribution in [2.45, 2.75) is 382 Å². The van der Waals surface area contributed by atoms with Gasteiger partial charge in [-0.3, -0.25) is 37.3 Å². The molecule has 17 nitrogen and oxygen atoms in total. The summed E-state index contributed by atoms with van der Waals surface area (Å²) >= 11 is 0. The van der Waals surface area contributed by atoms with Gasteiger partial charge in [0, 0.05) is 25.7 Å². The van der Waals surface area contributed by atoms with Crippen LogP contribution < -0.4 is 0 Å². The van der Waals surface area contributed by atoms with Crippen molar-refractivity contribution in [3.05, 3.63) is 0 Å². The number of esters is 4. The van der Waals surface area contributed by atoms with E-state index in [4.69, 9.17) is 37.0 Å². The Hall–Kier alpha value is -1.94. The lowest BCUT2D eigenvalue weighted by Crippen LogP contribution is -2.30. The van der Waals surface area contributed by atoms with Gasteiger partial charge in [0.25, 0.3) is 0 Å². The Morgan fingerprint density at radius 3 is 0.772 bits per heavy atom. The topological polar surface area (TPSA) is 237 Å². The zero-order valence-electron chi connectivity index (χ0n) is 60.2. The number of aliphatic hydroxyl groups excluding tert-OH is 1. The van der Waals surface area contributed by atoms with E-state index in [1.54, 1.807) is 0 Å². The predicted octanol–water partition coefficient (Wildman–Crippen LogP) is 20.9. The van der Waals surface area contributed by atoms with Crippen molar-refractivity contribution >= 4 is 39.5 Å². The number of unbranched alkanes of at least 4 members (excludes halogenated alkanes) is 35. The Kier molecular flexibility index (Phi) is 61.3. The molecule has 0 spiro atoms. The SMILES string of the molecule is CCC(C)CCCCCCCCCCC(=O)OC[C@H](COP(=O)(O)OCC(O)COP(=O)(O)OC[C@@H](COC(=O)CCCCCCCCC(C)C)OC(=O)CCCCCCCCCCCCCCCCCCCCC(C)C)OC(=O)CCCCCCCCCC(C)C. The molecule has 0 aliphatic heterocycles. The summed E-state index contributed by atoms with van der Waals surface area (Å²) in [6.45, 7) is 14.1. The van der Waals surface area contributed by atoms with Crippen LogP contribution in [0, 0.1) is 23.7 Å². The molecule has 19 heteroatoms. The second-order valence-electron chi connectivity index (χ2n) is 28.0. The van der Waals surface area contributed by atoms with Crippen LogP contribution in [-0.4, -0.2) is 96.7 Å². The standard InChI is InChI=1S/C73H142O17P2/c1-9-66(8)52-44-36-27-22-23-28-37-45-53-70(75)83-59-68(90-73(78)56-48-40-30-24-26-34-42-50-64(4)5)61-87-91(79,80)85-57-67(74)58-86-92(81,82)88-62-69(60-84-71(76)54-46-38-32-31-35-43-51-65(6)7)89-72(77)55-47-39-29-21-19-17-15-13-11-10-12-14-16-18-20-25-33-41-49-63(2)3/h63-69,74H,9-62H2,1-8H3,(H,79,80)(H,81,82)/t66?,67?,68-,69-/m1/s1. The molecule has 0 heterocycles. The van der Waals surface area contributed by atoms with Gasteiger partial charge in [0.15, 0.2) is 12.2 Å². The highest BCUT2D eigenvalue weighted by Crippen LogP contribution is 2.45. The first kappa shape index (κ1) is 90.1. The van der Waals surface area contributed by atoms with Crippen LogP contribution in [0.3, 0.4) is 0 Å². The van der Waals surface area contributed by atoms with Gasteiger partial charge in [0.05, 0.1) is 26.4 Å². The quantitative estimate of drug-likeness (QED) is 0.0222. The van der Waals surface area contributed by atoms with Crippen LogP contribution in [0.25, 0.3) is 0 Å². The number of aliphatic hydroxyl groups is 1. The lowest BCUT2D eigenvalue weighted by Gasteiger charge is -2.21. The fraction of sp³-hybridized carbons (Fsp3) is 0.945. The number of phosphoric acid groups is 2. The summed E-state index contributed by atoms with van der Waals surface area (Å²) in [7, 11) is -9.90. The molecule has 92 heavy (non-hydrogen) atoms. The summed E-state index contributed by atoms with van der Waals surface area (Å²) in [4.78, 5) is 72.5. The van der Waals surface area contributed by atoms with Crippen molar-refractivity contribution in [1.29, 1.82) is 0 Å². The molecule has 0 saturated heterocycles. The molecule has 0 aromatic rings. The molecule has 0 amide bonds. The number of hydrogen-bond acceptors (Lipinski definition) is 15. The second kappa shape index (κ2) is 62.6. The minimum absolute atomic E-state index is 0.102. The number of carbonyl (C=O) groups excluding carboxylic acids is 4. The van der Waals surface area contributed by atoms with Gasteiger partial charge in [-0.25, -0.2) is 9.13 Å². The monoisotopic (exact) mass is 1350 g/mol. The van der Waals surface area contributed by atoms with E-state index < -0.39 is 97.5 Å². The first-order chi connectivity index (χ1) is 44.1. The van der Waals surface area contributed by atoms with Gasteiger partial charge in [-0.1, -0.05) is 312 Å². The van der Waals surface area contributed by atoms with Gasteiger partial charge < -0.3 is 33.8 Å². The molecule has 0 fully saturated rings. The van der Waals surface area contributed by atoms with Crippen LogP contribution in [0.1, 0.15) is 364 Å². The number of carbonyl (C=O) groups is 4. The molecule has 4 unspecified atom stereocenters. The highest BCUT2D eigenvalue weighted by atomic mass is 31.2. The summed E-state index contributed by atoms with van der Waals surface area (Å²) in [6.07, 6.45) is 46.2. The van der Waals surface area contributed by atoms with Gasteiger partial charge in [0.1, 0.15) is 19.3 Å². The van der Waals surface area contributed by atoms with E-state index in [1.165, 1.54) is 161 Å². The summed E-state index contributed by atoms with van der Waals surface area (Å²) in [5, 5.41) is 10.6. The Bertz CT molecular complexity index is 1820. The number of hydrogen-bond donors (Lipinski definition) is 3. The molecule has 0 aliphatic rings. The third kappa shape index (κ3) is 65.4. The molecule has 3 N–H and O–H groups in total. The second-order valence-corrected chi connectivity index (χ2v) is 30.9. The fourth-order valence-corrected chi connectivity index (χ4v) is 12.6. The molecule has 0 aromatic heterocycles. The normalized spacial score (nSPS) is 14.5. The summed E-state index contributed by atoms with van der Waals surface area (Å²) in [5.74, 6) is 0.842. The van der Waals surface area contributed by atoms with Crippen LogP contribution >= 0.6 is 15.6 Å². The number of rotatable bonds is 70. The summed E-state index contributed by atoms with van der Waals surface area (Å²) in [5.41, 5.74) is 0. The first-order valence-electron chi connectivity index (χ1n) is 37.7. The number of phosphoric ester groups is 2. The van der Waals surface area contributed by atoms with Gasteiger partial charge in [-0.05, 0) is 49.4 Å². The zero-order valence-corrected chi connectivity index (χ0v) is 62.0. The van der Waals surface area contributed by atoms with Gasteiger partial charge >= 0.3 is 39.5 Å². The van der Waals surface area contributed by atoms with Gasteiger partial charge in [0.2, 0.25) is 0 Å². The average Bonchev–Trinajstić information content (AvgIpc) is 2.51. The van der Waals surface area contributed by atoms with E-state index in [1.807, 2.05) is 0 Å². The van der Waals surface area contributed by atoms with Crippen LogP contribution in [0.15, 0.2) is 0 Å². The van der Waals surface area contributed by atoms with Crippen LogP contribution in [0.4, 0.5) is 0 Å². The molecule has 0 bridgehead atoms. The Balaban J connectivity index is 5.15. The Morgan fingerprint density at radius 1 is 0.304 bits per heavy atom. The molecule has 0 rings (SSSR count). The molecular weight excluding hydrogens is 1210 g/mol. The maximum Gasteiger partial charge on any atom is 0.472 e. The van der Waals surface area contributed by atoms with Crippen molar-refractivity contribution < 1.29 is 80.2 Å². The molecule has 0 saturated carbocycles. The predicted molar refractivity (Wildman–Crippen MR) is 372 cm³/mol. The molecule has 6 atom stereocenters. The van der Waals surface area contributed by atoms with Crippen LogP contribution in [0.5, 0.6) is 0 Å². The van der Waals surface area contributed by atoms with Crippen LogP contribution in [-0.2, 0) is 65.4 Å². The van der Waals surface area contributed by atoms with Gasteiger partial charge in [-0.2, -0.15) is 0 Å². The van der Waals surface area contributed by atoms with E-state index in [9.17, 15) is 43.2 Å². The molecular formula is C73H142O17P2. The minimum Gasteiger partial charge on any atom is -0.462 e. The molecule has 0 radical (unpaired) electrons. The lowest BCUT2D eigenvalue weighted by molar-refractivity contribution is -0.161. The molecule has 0 aliphatic carbocycles. The maximum atomic E-state index is 13.0. The fourth-order valence-electron chi connectivity index (χ4n) is 11.0. The maximum absolute atomic E-state index is 13.0. The Labute approximate surface area is 562 Å². The zero-order chi connectivity index (χ0) is 68.2. The highest BCUT2D eigenvalue weighted by molar-refractivity contribution is 7.47. The van der Waals surface area contributed by atoms with E-state index >= 15 is 0 Å². The summed E-state index contributed by atoms with van der Waals surface area (Å²) < 4.78 is 68.3. The van der Waals surface area contributed by atoms with Crippen molar-refractivity contribution in [2.75, 3.05) is 39.6 Å². The van der Waals surface area contributed by atoms with E-state index in [2.05, 4.69) is 55.4 Å². The summed E-state index contributed by atoms with van der Waals surface area (Å²) in [6, 6.07) is 0. The lowest BCUT2D eigenvalue weighted by atomic mass is 9.99. The Morgan fingerprint density at radius 2 is 0.522 bits per heavy atom. The van der Waals surface area contributed by atoms with Gasteiger partial charge in [-0.15, -0.1) is 0 Å². The van der Waals surface area contributed by atoms with E-state index in [0.717, 1.165) is 108 Å². The minimum atomic E-state index is -4.95. The van der Waals surface area contributed by atoms with E-state index in [-0.39, 0.29) is 25.7 Å². The van der Waals surface area contributed by atoms with Crippen LogP contribution in [0.2, 0.25) is 0 Å². The highest BCUT2D eigenvalue weighted by Gasteiger charge is 2.30. The molecule has 0 aromatic carbocycles. The smallest absolute Gasteiger partial charge is 0.462 e. The van der Waals surface area contributed by atoms with E-state index in [0.29, 0.717) is 37.5 Å². The van der Waals surface area contributed by atoms with Crippen molar-refractivity contribution in [3.8, 4) is 0 Å². The third-order valence-corrected chi connectivity index (χ3v) is 19.1. The number of ether oxygens (including phenoxy) is 4. The third-order valence-electron chi connectivity index (χ3n) is 17.2.